The molecule has 1 fully saturated rings. The van der Waals surface area contributed by atoms with Crippen molar-refractivity contribution in [2.75, 3.05) is 70.4 Å². The summed E-state index contributed by atoms with van der Waals surface area (Å²) in [4.78, 5) is 24.1. The van der Waals surface area contributed by atoms with Gasteiger partial charge in [0.1, 0.15) is 17.2 Å². The monoisotopic (exact) mass is 680 g/mol. The first-order chi connectivity index (χ1) is 23.4. The number of hydrogen-bond donors (Lipinski definition) is 2. The Morgan fingerprint density at radius 1 is 0.938 bits per heavy atom. The van der Waals surface area contributed by atoms with Gasteiger partial charge in [0.25, 0.3) is 5.91 Å². The molecular formula is C36H41FN2O8S. The maximum atomic E-state index is 13.6. The Morgan fingerprint density at radius 3 is 2.23 bits per heavy atom. The smallest absolute Gasteiger partial charge is 0.335 e. The highest BCUT2D eigenvalue weighted by molar-refractivity contribution is 7.99. The first-order valence-electron chi connectivity index (χ1n) is 15.9. The molecule has 4 aromatic rings. The van der Waals surface area contributed by atoms with Crippen LogP contribution in [-0.4, -0.2) is 83.1 Å². The number of amides is 1. The summed E-state index contributed by atoms with van der Waals surface area (Å²) in [5, 5.41) is 12.5. The third kappa shape index (κ3) is 9.36. The molecule has 48 heavy (non-hydrogen) atoms. The maximum absolute atomic E-state index is 13.6. The Hall–Kier alpha value is -3.94. The molecule has 10 nitrogen and oxygen atoms in total. The number of nitrogens with zero attached hydrogens (tertiary/aromatic N) is 1. The van der Waals surface area contributed by atoms with Gasteiger partial charge in [-0.2, -0.15) is 0 Å². The summed E-state index contributed by atoms with van der Waals surface area (Å²) in [6, 6.07) is 16.7. The molecule has 0 unspecified atom stereocenters. The minimum absolute atomic E-state index is 0.238. The second-order valence-corrected chi connectivity index (χ2v) is 12.1. The molecule has 0 radical (unpaired) electrons. The highest BCUT2D eigenvalue weighted by Gasteiger charge is 2.31. The van der Waals surface area contributed by atoms with E-state index in [0.29, 0.717) is 87.8 Å². The molecule has 1 aliphatic carbocycles. The van der Waals surface area contributed by atoms with Crippen molar-refractivity contribution < 1.29 is 42.5 Å². The van der Waals surface area contributed by atoms with Gasteiger partial charge in [-0.25, -0.2) is 9.18 Å². The van der Waals surface area contributed by atoms with Gasteiger partial charge in [-0.1, -0.05) is 24.1 Å². The van der Waals surface area contributed by atoms with Crippen molar-refractivity contribution in [3.8, 4) is 11.3 Å². The molecule has 5 rings (SSSR count). The van der Waals surface area contributed by atoms with E-state index in [1.54, 1.807) is 49.3 Å². The molecule has 0 saturated heterocycles. The van der Waals surface area contributed by atoms with Crippen LogP contribution in [0.2, 0.25) is 0 Å². The highest BCUT2D eigenvalue weighted by atomic mass is 32.2. The first kappa shape index (κ1) is 35.4. The predicted octanol–water partition coefficient (Wildman–Crippen LogP) is 6.53. The number of fused-ring (bicyclic) bond motifs is 1. The number of hydrogen-bond acceptors (Lipinski definition) is 9. The van der Waals surface area contributed by atoms with Gasteiger partial charge in [0, 0.05) is 30.3 Å². The number of nitrogens with one attached hydrogen (secondary N) is 1. The molecule has 0 aliphatic heterocycles. The molecule has 256 valence electrons. The summed E-state index contributed by atoms with van der Waals surface area (Å²) in [5.41, 5.74) is 4.93. The van der Waals surface area contributed by atoms with Crippen molar-refractivity contribution >= 4 is 40.5 Å². The van der Waals surface area contributed by atoms with E-state index >= 15 is 0 Å². The minimum Gasteiger partial charge on any atom is -0.478 e. The first-order valence-corrected chi connectivity index (χ1v) is 17.1. The quantitative estimate of drug-likeness (QED) is 0.0788. The van der Waals surface area contributed by atoms with Crippen LogP contribution in [0, 0.1) is 5.82 Å². The van der Waals surface area contributed by atoms with Crippen molar-refractivity contribution in [1.82, 2.24) is 5.32 Å². The van der Waals surface area contributed by atoms with Gasteiger partial charge in [0.15, 0.2) is 0 Å². The number of carbonyl (C=O) groups is 2. The molecule has 1 amide bonds. The van der Waals surface area contributed by atoms with E-state index in [0.717, 1.165) is 29.5 Å². The number of furan rings is 1. The van der Waals surface area contributed by atoms with Gasteiger partial charge in [-0.05, 0) is 72.4 Å². The number of ether oxygens (including phenoxy) is 4. The molecule has 0 bridgehead atoms. The fraction of sp³-hybridized carbons (Fsp3) is 0.389. The molecule has 2 N–H and O–H groups in total. The second-order valence-electron chi connectivity index (χ2n) is 11.3. The number of rotatable bonds is 20. The third-order valence-corrected chi connectivity index (χ3v) is 8.72. The van der Waals surface area contributed by atoms with Crippen LogP contribution in [0.15, 0.2) is 65.1 Å². The van der Waals surface area contributed by atoms with Crippen LogP contribution in [0.4, 0.5) is 10.1 Å². The molecule has 0 spiro atoms. The summed E-state index contributed by atoms with van der Waals surface area (Å²) in [5.74, 6) is -0.733. The van der Waals surface area contributed by atoms with E-state index in [9.17, 15) is 14.0 Å². The lowest BCUT2D eigenvalue weighted by molar-refractivity contribution is -0.00329. The summed E-state index contributed by atoms with van der Waals surface area (Å²) in [6.07, 6.45) is 4.20. The highest BCUT2D eigenvalue weighted by Crippen LogP contribution is 2.48. The van der Waals surface area contributed by atoms with Crippen molar-refractivity contribution in [1.29, 1.82) is 0 Å². The molecule has 1 saturated carbocycles. The van der Waals surface area contributed by atoms with Crippen LogP contribution in [0.1, 0.15) is 50.6 Å². The molecular weight excluding hydrogens is 639 g/mol. The molecule has 1 aromatic heterocycles. The van der Waals surface area contributed by atoms with Crippen LogP contribution in [0.25, 0.3) is 22.3 Å². The largest absolute Gasteiger partial charge is 0.478 e. The standard InChI is InChI=1S/C36H41FN2O8S/c1-38-35(40)33-30-21-29(25-6-7-25)31(22-32(30)47-34(33)26-8-10-28(37)11-9-26)39(48-2)12-13-43-14-15-44-16-17-45-18-19-46-23-24-4-3-5-27(20-24)36(41)42/h3-5,8-11,20-22,25H,6-7,12-19,23H2,1-2H3,(H,38,40)(H,41,42). The van der Waals surface area contributed by atoms with Crippen LogP contribution >= 0.6 is 11.9 Å². The van der Waals surface area contributed by atoms with E-state index < -0.39 is 5.97 Å². The fourth-order valence-electron chi connectivity index (χ4n) is 5.34. The normalized spacial score (nSPS) is 12.8. The van der Waals surface area contributed by atoms with Gasteiger partial charge in [-0.3, -0.25) is 4.79 Å². The van der Waals surface area contributed by atoms with E-state index in [4.69, 9.17) is 28.5 Å². The van der Waals surface area contributed by atoms with Crippen molar-refractivity contribution in [2.45, 2.75) is 25.4 Å². The second kappa shape index (κ2) is 17.5. The van der Waals surface area contributed by atoms with Gasteiger partial charge < -0.3 is 38.1 Å². The number of carboxylic acid groups (broad SMARTS) is 1. The SMILES string of the molecule is CNC(=O)c1c(-c2ccc(F)cc2)oc2cc(N(CCOCCOCCOCCOCc3cccc(C(=O)O)c3)SC)c(C3CC3)cc12. The van der Waals surface area contributed by atoms with Crippen molar-refractivity contribution in [2.24, 2.45) is 0 Å². The van der Waals surface area contributed by atoms with Crippen LogP contribution < -0.4 is 9.62 Å². The van der Waals surface area contributed by atoms with E-state index in [1.807, 2.05) is 18.4 Å². The van der Waals surface area contributed by atoms with Crippen LogP contribution in [-0.2, 0) is 25.6 Å². The van der Waals surface area contributed by atoms with Gasteiger partial charge in [0.05, 0.1) is 76.2 Å². The topological polar surface area (TPSA) is 120 Å². The van der Waals surface area contributed by atoms with E-state index in [-0.39, 0.29) is 17.3 Å². The lowest BCUT2D eigenvalue weighted by atomic mass is 10.0. The lowest BCUT2D eigenvalue weighted by Crippen LogP contribution is -2.22. The Kier molecular flexibility index (Phi) is 12.9. The molecule has 3 aromatic carbocycles. The summed E-state index contributed by atoms with van der Waals surface area (Å²) in [7, 11) is 1.59. The van der Waals surface area contributed by atoms with Gasteiger partial charge >= 0.3 is 5.97 Å². The minimum atomic E-state index is -0.961. The number of anilines is 1. The van der Waals surface area contributed by atoms with Gasteiger partial charge in [-0.15, -0.1) is 0 Å². The average molecular weight is 681 g/mol. The average Bonchev–Trinajstić information content (AvgIpc) is 3.88. The van der Waals surface area contributed by atoms with Gasteiger partial charge in [0.2, 0.25) is 0 Å². The number of carboxylic acids is 1. The lowest BCUT2D eigenvalue weighted by Gasteiger charge is -2.24. The zero-order valence-electron chi connectivity index (χ0n) is 27.2. The number of benzene rings is 3. The maximum Gasteiger partial charge on any atom is 0.335 e. The zero-order valence-corrected chi connectivity index (χ0v) is 28.0. The Morgan fingerprint density at radius 2 is 1.60 bits per heavy atom. The molecule has 1 heterocycles. The molecule has 1 aliphatic rings. The Bertz CT molecular complexity index is 1670. The van der Waals surface area contributed by atoms with E-state index in [1.165, 1.54) is 17.7 Å². The van der Waals surface area contributed by atoms with Crippen LogP contribution in [0.3, 0.4) is 0 Å². The molecule has 0 atom stereocenters. The zero-order chi connectivity index (χ0) is 33.9. The summed E-state index contributed by atoms with van der Waals surface area (Å²) >= 11 is 1.60. The Labute approximate surface area is 283 Å². The number of halogens is 1. The number of carbonyl (C=O) groups excluding carboxylic acids is 1. The molecule has 12 heteroatoms. The van der Waals surface area contributed by atoms with Crippen molar-refractivity contribution in [3.05, 3.63) is 88.7 Å². The summed E-state index contributed by atoms with van der Waals surface area (Å²) < 4.78 is 44.7. The fourth-order valence-corrected chi connectivity index (χ4v) is 5.95. The van der Waals surface area contributed by atoms with Crippen LogP contribution in [0.5, 0.6) is 0 Å². The Balaban J connectivity index is 1.06. The van der Waals surface area contributed by atoms with Crippen molar-refractivity contribution in [3.63, 3.8) is 0 Å². The summed E-state index contributed by atoms with van der Waals surface area (Å²) in [6.45, 7) is 4.03. The number of aromatic carboxylic acids is 1. The van der Waals surface area contributed by atoms with E-state index in [2.05, 4.69) is 15.7 Å². The predicted molar refractivity (Wildman–Crippen MR) is 183 cm³/mol. The third-order valence-electron chi connectivity index (χ3n) is 7.90.